The van der Waals surface area contributed by atoms with E-state index in [1.807, 2.05) is 18.0 Å². The molecule has 1 aromatic rings. The Labute approximate surface area is 103 Å². The summed E-state index contributed by atoms with van der Waals surface area (Å²) in [6.45, 7) is 3.09. The molecule has 0 aliphatic rings. The van der Waals surface area contributed by atoms with Gasteiger partial charge in [0, 0.05) is 13.6 Å². The molecule has 5 nitrogen and oxygen atoms in total. The monoisotopic (exact) mass is 257 g/mol. The zero-order valence-corrected chi connectivity index (χ0v) is 11.3. The van der Waals surface area contributed by atoms with Gasteiger partial charge in [-0.3, -0.25) is 4.72 Å². The van der Waals surface area contributed by atoms with E-state index >= 15 is 0 Å². The molecule has 1 rings (SSSR count). The van der Waals surface area contributed by atoms with E-state index in [1.54, 1.807) is 6.07 Å². The highest BCUT2D eigenvalue weighted by Gasteiger charge is 2.04. The molecule has 0 amide bonds. The van der Waals surface area contributed by atoms with Crippen LogP contribution in [0, 0.1) is 0 Å². The van der Waals surface area contributed by atoms with Crippen LogP contribution in [0.25, 0.3) is 0 Å². The van der Waals surface area contributed by atoms with Crippen LogP contribution in [0.5, 0.6) is 0 Å². The van der Waals surface area contributed by atoms with E-state index < -0.39 is 10.0 Å². The van der Waals surface area contributed by atoms with Crippen molar-refractivity contribution in [2.75, 3.05) is 29.5 Å². The van der Waals surface area contributed by atoms with E-state index in [2.05, 4.69) is 16.6 Å². The van der Waals surface area contributed by atoms with Crippen molar-refractivity contribution in [3.8, 4) is 0 Å². The van der Waals surface area contributed by atoms with E-state index in [4.69, 9.17) is 0 Å². The Morgan fingerprint density at radius 3 is 2.59 bits per heavy atom. The lowest BCUT2D eigenvalue weighted by molar-refractivity contribution is 0.607. The first-order chi connectivity index (χ1) is 7.92. The molecule has 1 aromatic heterocycles. The maximum absolute atomic E-state index is 11.0. The predicted octanol–water partition coefficient (Wildman–Crippen LogP) is 1.69. The zero-order chi connectivity index (χ0) is 12.9. The van der Waals surface area contributed by atoms with Crippen LogP contribution < -0.4 is 9.62 Å². The molecular formula is C11H19N3O2S. The van der Waals surface area contributed by atoms with Gasteiger partial charge in [-0.05, 0) is 18.6 Å². The molecule has 0 atom stereocenters. The predicted molar refractivity (Wildman–Crippen MR) is 70.9 cm³/mol. The van der Waals surface area contributed by atoms with Gasteiger partial charge in [-0.1, -0.05) is 13.3 Å². The highest BCUT2D eigenvalue weighted by molar-refractivity contribution is 7.92. The third-order valence-electron chi connectivity index (χ3n) is 2.29. The van der Waals surface area contributed by atoms with Crippen molar-refractivity contribution < 1.29 is 8.42 Å². The summed E-state index contributed by atoms with van der Waals surface area (Å²) in [6, 6.07) is 3.52. The summed E-state index contributed by atoms with van der Waals surface area (Å²) < 4.78 is 24.4. The van der Waals surface area contributed by atoms with Crippen molar-refractivity contribution in [1.82, 2.24) is 4.98 Å². The van der Waals surface area contributed by atoms with Crippen LogP contribution in [0.1, 0.15) is 19.8 Å². The van der Waals surface area contributed by atoms with E-state index in [9.17, 15) is 8.42 Å². The highest BCUT2D eigenvalue weighted by Crippen LogP contribution is 2.14. The van der Waals surface area contributed by atoms with Crippen molar-refractivity contribution in [3.05, 3.63) is 18.3 Å². The standard InChI is InChI=1S/C11H19N3O2S/c1-4-5-8-14(2)11-7-6-10(9-12-11)13-17(3,15)16/h6-7,9,13H,4-5,8H2,1-3H3. The van der Waals surface area contributed by atoms with Crippen molar-refractivity contribution in [2.24, 2.45) is 0 Å². The first-order valence-corrected chi connectivity index (χ1v) is 7.46. The molecule has 0 spiro atoms. The maximum Gasteiger partial charge on any atom is 0.229 e. The number of hydrogen-bond acceptors (Lipinski definition) is 4. The minimum Gasteiger partial charge on any atom is -0.360 e. The van der Waals surface area contributed by atoms with E-state index in [0.717, 1.165) is 31.5 Å². The number of rotatable bonds is 6. The second-order valence-corrected chi connectivity index (χ2v) is 5.80. The zero-order valence-electron chi connectivity index (χ0n) is 10.5. The van der Waals surface area contributed by atoms with Crippen LogP contribution in [0.4, 0.5) is 11.5 Å². The minimum atomic E-state index is -3.23. The number of sulfonamides is 1. The summed E-state index contributed by atoms with van der Waals surface area (Å²) in [6.07, 6.45) is 4.90. The Bertz CT molecular complexity index is 442. The summed E-state index contributed by atoms with van der Waals surface area (Å²) >= 11 is 0. The third kappa shape index (κ3) is 5.04. The molecule has 1 heterocycles. The molecular weight excluding hydrogens is 238 g/mol. The van der Waals surface area contributed by atoms with Crippen LogP contribution >= 0.6 is 0 Å². The average Bonchev–Trinajstić information content (AvgIpc) is 2.24. The first-order valence-electron chi connectivity index (χ1n) is 5.57. The number of nitrogens with zero attached hydrogens (tertiary/aromatic N) is 2. The lowest BCUT2D eigenvalue weighted by Crippen LogP contribution is -2.19. The van der Waals surface area contributed by atoms with E-state index in [0.29, 0.717) is 5.69 Å². The molecule has 0 fully saturated rings. The third-order valence-corrected chi connectivity index (χ3v) is 2.90. The largest absolute Gasteiger partial charge is 0.360 e. The molecule has 0 saturated heterocycles. The molecule has 0 aliphatic carbocycles. The van der Waals surface area contributed by atoms with Gasteiger partial charge in [0.05, 0.1) is 18.1 Å². The van der Waals surface area contributed by atoms with E-state index in [1.165, 1.54) is 6.20 Å². The molecule has 17 heavy (non-hydrogen) atoms. The Morgan fingerprint density at radius 2 is 2.12 bits per heavy atom. The quantitative estimate of drug-likeness (QED) is 0.842. The molecule has 0 unspecified atom stereocenters. The minimum absolute atomic E-state index is 0.486. The number of nitrogens with one attached hydrogen (secondary N) is 1. The van der Waals surface area contributed by atoms with Crippen molar-refractivity contribution in [3.63, 3.8) is 0 Å². The van der Waals surface area contributed by atoms with Crippen molar-refractivity contribution in [2.45, 2.75) is 19.8 Å². The smallest absolute Gasteiger partial charge is 0.229 e. The number of hydrogen-bond donors (Lipinski definition) is 1. The van der Waals surface area contributed by atoms with Gasteiger partial charge in [-0.15, -0.1) is 0 Å². The maximum atomic E-state index is 11.0. The Morgan fingerprint density at radius 1 is 1.41 bits per heavy atom. The van der Waals surface area contributed by atoms with Gasteiger partial charge in [0.1, 0.15) is 5.82 Å². The number of unbranched alkanes of at least 4 members (excludes halogenated alkanes) is 1. The van der Waals surface area contributed by atoms with Gasteiger partial charge in [0.2, 0.25) is 10.0 Å². The molecule has 6 heteroatoms. The van der Waals surface area contributed by atoms with Crippen molar-refractivity contribution >= 4 is 21.5 Å². The fraction of sp³-hybridized carbons (Fsp3) is 0.545. The molecule has 0 aliphatic heterocycles. The molecule has 0 bridgehead atoms. The SMILES string of the molecule is CCCCN(C)c1ccc(NS(C)(=O)=O)cn1. The number of anilines is 2. The van der Waals surface area contributed by atoms with Crippen molar-refractivity contribution in [1.29, 1.82) is 0 Å². The molecule has 0 radical (unpaired) electrons. The number of aromatic nitrogens is 1. The Kier molecular flexibility index (Phi) is 4.74. The van der Waals surface area contributed by atoms with Gasteiger partial charge in [0.25, 0.3) is 0 Å². The normalized spacial score (nSPS) is 11.2. The Hall–Kier alpha value is -1.30. The van der Waals surface area contributed by atoms with Crippen LogP contribution in [0.15, 0.2) is 18.3 Å². The van der Waals surface area contributed by atoms with Crippen LogP contribution in [-0.4, -0.2) is 33.2 Å². The average molecular weight is 257 g/mol. The van der Waals surface area contributed by atoms with Gasteiger partial charge in [0.15, 0.2) is 0 Å². The fourth-order valence-corrected chi connectivity index (χ4v) is 1.95. The van der Waals surface area contributed by atoms with Gasteiger partial charge in [-0.2, -0.15) is 0 Å². The van der Waals surface area contributed by atoms with Crippen LogP contribution in [0.2, 0.25) is 0 Å². The summed E-state index contributed by atoms with van der Waals surface area (Å²) in [5.74, 6) is 0.845. The molecule has 1 N–H and O–H groups in total. The van der Waals surface area contributed by atoms with E-state index in [-0.39, 0.29) is 0 Å². The van der Waals surface area contributed by atoms with Gasteiger partial charge in [-0.25, -0.2) is 13.4 Å². The van der Waals surface area contributed by atoms with Gasteiger partial charge < -0.3 is 4.90 Å². The fourth-order valence-electron chi connectivity index (χ4n) is 1.40. The van der Waals surface area contributed by atoms with Crippen LogP contribution in [-0.2, 0) is 10.0 Å². The van der Waals surface area contributed by atoms with Gasteiger partial charge >= 0.3 is 0 Å². The van der Waals surface area contributed by atoms with Crippen LogP contribution in [0.3, 0.4) is 0 Å². The lowest BCUT2D eigenvalue weighted by atomic mass is 10.3. The summed E-state index contributed by atoms with van der Waals surface area (Å²) in [4.78, 5) is 6.26. The molecule has 0 saturated carbocycles. The summed E-state index contributed by atoms with van der Waals surface area (Å²) in [5, 5.41) is 0. The Balaban J connectivity index is 2.67. The second kappa shape index (κ2) is 5.86. The number of pyridine rings is 1. The topological polar surface area (TPSA) is 62.3 Å². The lowest BCUT2D eigenvalue weighted by Gasteiger charge is -2.17. The summed E-state index contributed by atoms with van der Waals surface area (Å²) in [5.41, 5.74) is 0.486. The second-order valence-electron chi connectivity index (χ2n) is 4.05. The molecule has 96 valence electrons. The molecule has 0 aromatic carbocycles. The highest BCUT2D eigenvalue weighted by atomic mass is 32.2. The summed E-state index contributed by atoms with van der Waals surface area (Å²) in [7, 11) is -1.25. The first kappa shape index (κ1) is 13.8.